The molecule has 27 heavy (non-hydrogen) atoms. The SMILES string of the molecule is CCN1CCc2c(C(=O)N(C)[C@H](C)c3ccco3)c(OC)cc(=O)n2CC1. The molecule has 1 atom stereocenters. The summed E-state index contributed by atoms with van der Waals surface area (Å²) in [4.78, 5) is 29.9. The first-order valence-corrected chi connectivity index (χ1v) is 9.31. The van der Waals surface area contributed by atoms with Crippen molar-refractivity contribution in [1.29, 1.82) is 0 Å². The highest BCUT2D eigenvalue weighted by Crippen LogP contribution is 2.28. The average Bonchev–Trinajstić information content (AvgIpc) is 3.13. The zero-order valence-corrected chi connectivity index (χ0v) is 16.4. The van der Waals surface area contributed by atoms with Crippen LogP contribution in [0.25, 0.3) is 0 Å². The lowest BCUT2D eigenvalue weighted by atomic mass is 10.1. The van der Waals surface area contributed by atoms with Crippen molar-refractivity contribution in [3.63, 3.8) is 0 Å². The van der Waals surface area contributed by atoms with Crippen LogP contribution in [-0.2, 0) is 13.0 Å². The van der Waals surface area contributed by atoms with Gasteiger partial charge >= 0.3 is 0 Å². The maximum absolute atomic E-state index is 13.4. The van der Waals surface area contributed by atoms with E-state index in [9.17, 15) is 9.59 Å². The van der Waals surface area contributed by atoms with Crippen molar-refractivity contribution in [2.75, 3.05) is 33.8 Å². The van der Waals surface area contributed by atoms with Crippen LogP contribution in [-0.4, -0.2) is 54.1 Å². The Morgan fingerprint density at radius 2 is 2.15 bits per heavy atom. The van der Waals surface area contributed by atoms with Gasteiger partial charge in [0.1, 0.15) is 17.1 Å². The number of fused-ring (bicyclic) bond motifs is 1. The Kier molecular flexibility index (Phi) is 5.70. The molecule has 3 heterocycles. The maximum atomic E-state index is 13.4. The summed E-state index contributed by atoms with van der Waals surface area (Å²) in [6.45, 7) is 7.10. The van der Waals surface area contributed by atoms with Crippen LogP contribution in [0.1, 0.15) is 41.7 Å². The van der Waals surface area contributed by atoms with E-state index in [0.29, 0.717) is 30.0 Å². The van der Waals surface area contributed by atoms with Gasteiger partial charge in [-0.25, -0.2) is 0 Å². The standard InChI is InChI=1S/C20H27N3O4/c1-5-22-9-8-15-19(17(26-4)13-18(24)23(15)11-10-22)20(25)21(3)14(2)16-7-6-12-27-16/h6-7,12-14H,5,8-11H2,1-4H3/t14-/m1/s1. The van der Waals surface area contributed by atoms with E-state index in [1.54, 1.807) is 28.8 Å². The van der Waals surface area contributed by atoms with Crippen molar-refractivity contribution < 1.29 is 13.9 Å². The Balaban J connectivity index is 2.04. The Bertz CT molecular complexity index is 857. The molecule has 0 N–H and O–H groups in total. The summed E-state index contributed by atoms with van der Waals surface area (Å²) in [6, 6.07) is 4.84. The lowest BCUT2D eigenvalue weighted by molar-refractivity contribution is 0.0720. The molecule has 0 saturated heterocycles. The van der Waals surface area contributed by atoms with Crippen molar-refractivity contribution >= 4 is 5.91 Å². The Morgan fingerprint density at radius 1 is 1.37 bits per heavy atom. The lowest BCUT2D eigenvalue weighted by Crippen LogP contribution is -2.34. The van der Waals surface area contributed by atoms with Gasteiger partial charge < -0.3 is 23.5 Å². The number of carbonyl (C=O) groups excluding carboxylic acids is 1. The lowest BCUT2D eigenvalue weighted by Gasteiger charge is -2.26. The number of carbonyl (C=O) groups is 1. The minimum Gasteiger partial charge on any atom is -0.496 e. The Labute approximate surface area is 159 Å². The summed E-state index contributed by atoms with van der Waals surface area (Å²) in [5, 5.41) is 0. The molecule has 1 aliphatic heterocycles. The van der Waals surface area contributed by atoms with Crippen molar-refractivity contribution in [1.82, 2.24) is 14.4 Å². The summed E-state index contributed by atoms with van der Waals surface area (Å²) in [5.74, 6) is 0.866. The van der Waals surface area contributed by atoms with Crippen molar-refractivity contribution in [2.24, 2.45) is 0 Å². The molecular weight excluding hydrogens is 346 g/mol. The minimum absolute atomic E-state index is 0.127. The minimum atomic E-state index is -0.234. The van der Waals surface area contributed by atoms with E-state index in [-0.39, 0.29) is 17.5 Å². The molecule has 3 rings (SSSR count). The van der Waals surface area contributed by atoms with E-state index in [0.717, 1.165) is 25.3 Å². The third kappa shape index (κ3) is 3.64. The fraction of sp³-hybridized carbons (Fsp3) is 0.500. The second-order valence-electron chi connectivity index (χ2n) is 6.82. The molecule has 0 aliphatic carbocycles. The molecule has 7 nitrogen and oxygen atoms in total. The van der Waals surface area contributed by atoms with Gasteiger partial charge in [-0.1, -0.05) is 6.92 Å². The van der Waals surface area contributed by atoms with Crippen LogP contribution in [0.5, 0.6) is 5.75 Å². The van der Waals surface area contributed by atoms with E-state index in [2.05, 4.69) is 11.8 Å². The van der Waals surface area contributed by atoms with Crippen molar-refractivity contribution in [2.45, 2.75) is 32.9 Å². The number of rotatable bonds is 5. The van der Waals surface area contributed by atoms with E-state index < -0.39 is 0 Å². The van der Waals surface area contributed by atoms with Gasteiger partial charge in [-0.3, -0.25) is 9.59 Å². The summed E-state index contributed by atoms with van der Waals surface area (Å²) in [6.07, 6.45) is 2.22. The Morgan fingerprint density at radius 3 is 2.78 bits per heavy atom. The number of hydrogen-bond acceptors (Lipinski definition) is 5. The fourth-order valence-electron chi connectivity index (χ4n) is 3.57. The highest BCUT2D eigenvalue weighted by atomic mass is 16.5. The van der Waals surface area contributed by atoms with E-state index in [1.165, 1.54) is 13.2 Å². The van der Waals surface area contributed by atoms with Gasteiger partial charge in [-0.15, -0.1) is 0 Å². The van der Waals surface area contributed by atoms with Gasteiger partial charge in [0, 0.05) is 44.9 Å². The topological polar surface area (TPSA) is 67.9 Å². The van der Waals surface area contributed by atoms with Crippen LogP contribution >= 0.6 is 0 Å². The molecule has 146 valence electrons. The summed E-state index contributed by atoms with van der Waals surface area (Å²) >= 11 is 0. The maximum Gasteiger partial charge on any atom is 0.259 e. The number of amides is 1. The third-order valence-electron chi connectivity index (χ3n) is 5.42. The number of pyridine rings is 1. The van der Waals surface area contributed by atoms with Crippen LogP contribution < -0.4 is 10.3 Å². The monoisotopic (exact) mass is 373 g/mol. The molecule has 2 aromatic rings. The second-order valence-corrected chi connectivity index (χ2v) is 6.82. The predicted molar refractivity (Wildman–Crippen MR) is 102 cm³/mol. The van der Waals surface area contributed by atoms with Gasteiger partial charge in [-0.05, 0) is 25.6 Å². The smallest absolute Gasteiger partial charge is 0.259 e. The molecule has 0 fully saturated rings. The molecule has 0 unspecified atom stereocenters. The molecule has 1 aliphatic rings. The summed E-state index contributed by atoms with van der Waals surface area (Å²) in [7, 11) is 3.24. The second kappa shape index (κ2) is 8.00. The largest absolute Gasteiger partial charge is 0.496 e. The number of nitrogens with zero attached hydrogens (tertiary/aromatic N) is 3. The molecule has 2 aromatic heterocycles. The van der Waals surface area contributed by atoms with Crippen molar-refractivity contribution in [3.8, 4) is 5.75 Å². The number of likely N-dealkylation sites (N-methyl/N-ethyl adjacent to an activating group) is 1. The first-order chi connectivity index (χ1) is 13.0. The number of ether oxygens (including phenoxy) is 1. The zero-order valence-electron chi connectivity index (χ0n) is 16.4. The number of methoxy groups -OCH3 is 1. The predicted octanol–water partition coefficient (Wildman–Crippen LogP) is 2.16. The summed E-state index contributed by atoms with van der Waals surface area (Å²) < 4.78 is 12.6. The van der Waals surface area contributed by atoms with Crippen LogP contribution in [0.2, 0.25) is 0 Å². The van der Waals surface area contributed by atoms with Crippen LogP contribution in [0.3, 0.4) is 0 Å². The summed E-state index contributed by atoms with van der Waals surface area (Å²) in [5.41, 5.74) is 1.09. The quantitative estimate of drug-likeness (QED) is 0.803. The van der Waals surface area contributed by atoms with E-state index in [1.807, 2.05) is 13.0 Å². The number of furan rings is 1. The van der Waals surface area contributed by atoms with Gasteiger partial charge in [0.25, 0.3) is 11.5 Å². The molecule has 0 radical (unpaired) electrons. The van der Waals surface area contributed by atoms with Gasteiger partial charge in [-0.2, -0.15) is 0 Å². The molecule has 7 heteroatoms. The fourth-order valence-corrected chi connectivity index (χ4v) is 3.57. The third-order valence-corrected chi connectivity index (χ3v) is 5.42. The van der Waals surface area contributed by atoms with Crippen LogP contribution in [0.4, 0.5) is 0 Å². The number of aromatic nitrogens is 1. The normalized spacial score (nSPS) is 15.7. The first-order valence-electron chi connectivity index (χ1n) is 9.31. The van der Waals surface area contributed by atoms with E-state index in [4.69, 9.17) is 9.15 Å². The molecule has 1 amide bonds. The molecule has 0 aromatic carbocycles. The molecule has 0 saturated carbocycles. The molecule has 0 bridgehead atoms. The Hall–Kier alpha value is -2.54. The van der Waals surface area contributed by atoms with E-state index >= 15 is 0 Å². The zero-order chi connectivity index (χ0) is 19.6. The van der Waals surface area contributed by atoms with Crippen LogP contribution in [0.15, 0.2) is 33.7 Å². The highest BCUT2D eigenvalue weighted by Gasteiger charge is 2.29. The first kappa shape index (κ1) is 19.2. The highest BCUT2D eigenvalue weighted by molar-refractivity contribution is 5.98. The van der Waals surface area contributed by atoms with Gasteiger partial charge in [0.2, 0.25) is 0 Å². The molecule has 0 spiro atoms. The average molecular weight is 373 g/mol. The molecular formula is C20H27N3O4. The number of hydrogen-bond donors (Lipinski definition) is 0. The van der Waals surface area contributed by atoms with Gasteiger partial charge in [0.05, 0.1) is 19.4 Å². The van der Waals surface area contributed by atoms with Gasteiger partial charge in [0.15, 0.2) is 0 Å². The van der Waals surface area contributed by atoms with Crippen LogP contribution in [0, 0.1) is 0 Å². The van der Waals surface area contributed by atoms with Crippen molar-refractivity contribution in [3.05, 3.63) is 51.8 Å².